The summed E-state index contributed by atoms with van der Waals surface area (Å²) in [6.07, 6.45) is 14.5. The summed E-state index contributed by atoms with van der Waals surface area (Å²) in [7, 11) is 0. The Morgan fingerprint density at radius 1 is 1.04 bits per heavy atom. The molecule has 2 heteroatoms. The van der Waals surface area contributed by atoms with E-state index in [4.69, 9.17) is 4.74 Å². The Balaban J connectivity index is 0.000000223. The number of ketones is 1. The van der Waals surface area contributed by atoms with Gasteiger partial charge in [0.25, 0.3) is 0 Å². The molecule has 3 aliphatic rings. The number of rotatable bonds is 0. The van der Waals surface area contributed by atoms with Crippen molar-refractivity contribution in [2.45, 2.75) is 25.2 Å². The lowest BCUT2D eigenvalue weighted by Crippen LogP contribution is -2.24. The molecule has 2 atom stereocenters. The Labute approximate surface area is 148 Å². The Kier molecular flexibility index (Phi) is 4.51. The van der Waals surface area contributed by atoms with E-state index in [-0.39, 0.29) is 0 Å². The predicted molar refractivity (Wildman–Crippen MR) is 102 cm³/mol. The van der Waals surface area contributed by atoms with Crippen LogP contribution in [-0.2, 0) is 9.53 Å². The van der Waals surface area contributed by atoms with Crippen molar-refractivity contribution >= 4 is 22.6 Å². The van der Waals surface area contributed by atoms with Gasteiger partial charge >= 0.3 is 0 Å². The largest absolute Gasteiger partial charge is 0.497 e. The van der Waals surface area contributed by atoms with Gasteiger partial charge in [-0.1, -0.05) is 54.6 Å². The van der Waals surface area contributed by atoms with Crippen molar-refractivity contribution in [3.63, 3.8) is 0 Å². The third-order valence-electron chi connectivity index (χ3n) is 5.24. The molecule has 1 saturated carbocycles. The van der Waals surface area contributed by atoms with Gasteiger partial charge in [-0.25, -0.2) is 0 Å². The molecular weight excluding hydrogens is 308 g/mol. The maximum Gasteiger partial charge on any atom is 0.133 e. The van der Waals surface area contributed by atoms with Gasteiger partial charge in [0.15, 0.2) is 0 Å². The van der Waals surface area contributed by atoms with Crippen LogP contribution in [0.2, 0.25) is 0 Å². The summed E-state index contributed by atoms with van der Waals surface area (Å²) in [5, 5.41) is 2.64. The molecule has 0 radical (unpaired) electrons. The number of carbonyl (C=O) groups is 1. The molecule has 0 spiro atoms. The average Bonchev–Trinajstić information content (AvgIpc) is 2.69. The maximum atomic E-state index is 11.6. The van der Waals surface area contributed by atoms with Gasteiger partial charge in [0.05, 0.1) is 6.26 Å². The van der Waals surface area contributed by atoms with E-state index in [1.165, 1.54) is 21.9 Å². The normalized spacial score (nSPS) is 23.3. The van der Waals surface area contributed by atoms with Crippen molar-refractivity contribution in [3.05, 3.63) is 78.1 Å². The van der Waals surface area contributed by atoms with Crippen molar-refractivity contribution in [2.75, 3.05) is 6.61 Å². The van der Waals surface area contributed by atoms with Gasteiger partial charge in [0.1, 0.15) is 12.4 Å². The molecule has 1 heterocycles. The number of carbonyl (C=O) groups excluding carboxylic acids is 1. The second-order valence-electron chi connectivity index (χ2n) is 6.79. The number of ether oxygens (including phenoxy) is 1. The minimum Gasteiger partial charge on any atom is -0.497 e. The van der Waals surface area contributed by atoms with E-state index in [0.29, 0.717) is 17.6 Å². The number of hydrogen-bond acceptors (Lipinski definition) is 2. The monoisotopic (exact) mass is 330 g/mol. The van der Waals surface area contributed by atoms with Gasteiger partial charge in [-0.3, -0.25) is 4.79 Å². The van der Waals surface area contributed by atoms with Crippen molar-refractivity contribution in [1.82, 2.24) is 0 Å². The molecule has 0 N–H and O–H groups in total. The van der Waals surface area contributed by atoms with E-state index >= 15 is 0 Å². The number of Topliss-reactive ketones (excluding diaryl/α,β-unsaturated/α-hetero) is 1. The molecule has 2 aromatic rings. The Morgan fingerprint density at radius 2 is 1.96 bits per heavy atom. The highest BCUT2D eigenvalue weighted by molar-refractivity contribution is 5.93. The zero-order valence-corrected chi connectivity index (χ0v) is 14.2. The molecule has 0 aromatic heterocycles. The number of fused-ring (bicyclic) bond motifs is 5. The summed E-state index contributed by atoms with van der Waals surface area (Å²) >= 11 is 0. The molecule has 126 valence electrons. The predicted octanol–water partition coefficient (Wildman–Crippen LogP) is 5.41. The van der Waals surface area contributed by atoms with E-state index in [0.717, 1.165) is 25.9 Å². The highest BCUT2D eigenvalue weighted by Crippen LogP contribution is 2.44. The number of benzene rings is 2. The van der Waals surface area contributed by atoms with Gasteiger partial charge in [-0.15, -0.1) is 0 Å². The van der Waals surface area contributed by atoms with Gasteiger partial charge < -0.3 is 4.74 Å². The van der Waals surface area contributed by atoms with E-state index in [9.17, 15) is 4.79 Å². The van der Waals surface area contributed by atoms with Crippen LogP contribution in [0.5, 0.6) is 0 Å². The molecule has 2 aromatic carbocycles. The first-order valence-electron chi connectivity index (χ1n) is 8.98. The van der Waals surface area contributed by atoms with Gasteiger partial charge in [-0.2, -0.15) is 0 Å². The summed E-state index contributed by atoms with van der Waals surface area (Å²) < 4.78 is 4.80. The van der Waals surface area contributed by atoms with Crippen LogP contribution in [0.4, 0.5) is 0 Å². The molecule has 0 amide bonds. The third-order valence-corrected chi connectivity index (χ3v) is 5.24. The molecule has 2 nitrogen and oxygen atoms in total. The molecule has 2 unspecified atom stereocenters. The van der Waals surface area contributed by atoms with Crippen LogP contribution in [0.25, 0.3) is 16.8 Å². The maximum absolute atomic E-state index is 11.6. The minimum atomic E-state index is 0.426. The Hall–Kier alpha value is -2.61. The lowest BCUT2D eigenvalue weighted by molar-refractivity contribution is -0.121. The van der Waals surface area contributed by atoms with Crippen molar-refractivity contribution in [1.29, 1.82) is 0 Å². The molecular formula is C23H22O2. The summed E-state index contributed by atoms with van der Waals surface area (Å²) in [5.41, 5.74) is 2.81. The fraction of sp³-hybridized carbons (Fsp3) is 0.261. The minimum absolute atomic E-state index is 0.426. The van der Waals surface area contributed by atoms with E-state index in [2.05, 4.69) is 48.6 Å². The summed E-state index contributed by atoms with van der Waals surface area (Å²) in [4.78, 5) is 11.6. The van der Waals surface area contributed by atoms with E-state index < -0.39 is 0 Å². The fourth-order valence-corrected chi connectivity index (χ4v) is 4.01. The number of allylic oxidation sites excluding steroid dienone is 3. The standard InChI is InChI=1S/C18H16O.C5H6O/c19-14-7-10-16-13(11-14)6-9-17-15-4-2-1-3-12(15)5-8-18(16)17;1-2-4-6-5-3-1/h1-6,8-9,13,16H,7,10-11H2;1-4H,5H2. The topological polar surface area (TPSA) is 26.3 Å². The van der Waals surface area contributed by atoms with E-state index in [1.54, 1.807) is 6.26 Å². The number of hydrogen-bond donors (Lipinski definition) is 0. The molecule has 2 aliphatic carbocycles. The summed E-state index contributed by atoms with van der Waals surface area (Å²) in [6, 6.07) is 13.1. The molecule has 0 bridgehead atoms. The molecule has 25 heavy (non-hydrogen) atoms. The van der Waals surface area contributed by atoms with Crippen LogP contribution in [0.3, 0.4) is 0 Å². The zero-order valence-electron chi connectivity index (χ0n) is 14.2. The summed E-state index contributed by atoms with van der Waals surface area (Å²) in [5.74, 6) is 1.40. The highest BCUT2D eigenvalue weighted by Gasteiger charge is 2.32. The van der Waals surface area contributed by atoms with Gasteiger partial charge in [0.2, 0.25) is 0 Å². The first kappa shape index (κ1) is 15.9. The van der Waals surface area contributed by atoms with Crippen LogP contribution in [-0.4, -0.2) is 12.4 Å². The van der Waals surface area contributed by atoms with Crippen molar-refractivity contribution in [2.24, 2.45) is 5.92 Å². The zero-order chi connectivity index (χ0) is 17.1. The lowest BCUT2D eigenvalue weighted by atomic mass is 9.70. The van der Waals surface area contributed by atoms with Gasteiger partial charge in [-0.05, 0) is 52.3 Å². The second-order valence-corrected chi connectivity index (χ2v) is 6.79. The lowest BCUT2D eigenvalue weighted by Gasteiger charge is -2.33. The first-order valence-corrected chi connectivity index (χ1v) is 8.98. The molecule has 1 fully saturated rings. The van der Waals surface area contributed by atoms with Crippen LogP contribution in [0, 0.1) is 5.92 Å². The first-order chi connectivity index (χ1) is 12.3. The second kappa shape index (κ2) is 7.10. The third kappa shape index (κ3) is 3.30. The molecule has 5 rings (SSSR count). The summed E-state index contributed by atoms with van der Waals surface area (Å²) in [6.45, 7) is 0.733. The van der Waals surface area contributed by atoms with Crippen LogP contribution in [0.1, 0.15) is 36.3 Å². The van der Waals surface area contributed by atoms with Crippen LogP contribution in [0.15, 0.2) is 67.0 Å². The molecule has 1 aliphatic heterocycles. The van der Waals surface area contributed by atoms with Crippen LogP contribution >= 0.6 is 0 Å². The average molecular weight is 330 g/mol. The van der Waals surface area contributed by atoms with Crippen molar-refractivity contribution in [3.8, 4) is 0 Å². The van der Waals surface area contributed by atoms with Crippen LogP contribution < -0.4 is 0 Å². The Morgan fingerprint density at radius 3 is 2.72 bits per heavy atom. The quantitative estimate of drug-likeness (QED) is 0.646. The SMILES string of the molecule is C1=CCOC=C1.O=C1CCC2c3ccc4ccccc4c3C=CC2C1. The fourth-order valence-electron chi connectivity index (χ4n) is 4.01. The smallest absolute Gasteiger partial charge is 0.133 e. The highest BCUT2D eigenvalue weighted by atomic mass is 16.5. The Bertz CT molecular complexity index is 861. The van der Waals surface area contributed by atoms with E-state index in [1.807, 2.05) is 18.2 Å². The van der Waals surface area contributed by atoms with Crippen molar-refractivity contribution < 1.29 is 9.53 Å². The molecule has 0 saturated heterocycles. The van der Waals surface area contributed by atoms with Gasteiger partial charge in [0, 0.05) is 12.8 Å².